The van der Waals surface area contributed by atoms with Crippen molar-refractivity contribution in [2.75, 3.05) is 25.5 Å². The van der Waals surface area contributed by atoms with Crippen LogP contribution in [0, 0.1) is 0 Å². The maximum atomic E-state index is 5.28. The predicted octanol–water partition coefficient (Wildman–Crippen LogP) is 2.80. The lowest BCUT2D eigenvalue weighted by atomic mass is 9.90. The number of nitrogens with zero attached hydrogens (tertiary/aromatic N) is 1. The largest absolute Gasteiger partial charge is 0.497 e. The number of benzene rings is 1. The first-order chi connectivity index (χ1) is 9.70. The van der Waals surface area contributed by atoms with Crippen molar-refractivity contribution in [3.8, 4) is 5.75 Å². The van der Waals surface area contributed by atoms with E-state index in [-0.39, 0.29) is 5.54 Å². The molecule has 4 heteroatoms. The molecule has 0 atom stereocenters. The van der Waals surface area contributed by atoms with Gasteiger partial charge in [0.05, 0.1) is 7.11 Å². The highest BCUT2D eigenvalue weighted by Crippen LogP contribution is 2.29. The van der Waals surface area contributed by atoms with Crippen molar-refractivity contribution in [1.82, 2.24) is 10.3 Å². The third-order valence-electron chi connectivity index (χ3n) is 4.10. The van der Waals surface area contributed by atoms with E-state index in [0.29, 0.717) is 0 Å². The summed E-state index contributed by atoms with van der Waals surface area (Å²) in [6.07, 6.45) is 4.08. The molecular weight excluding hydrogens is 250 g/mol. The Bertz CT molecular complexity index is 606. The van der Waals surface area contributed by atoms with Crippen molar-refractivity contribution >= 4 is 16.6 Å². The second-order valence-electron chi connectivity index (χ2n) is 5.68. The number of hydrogen-bond acceptors (Lipinski definition) is 4. The first kappa shape index (κ1) is 13.2. The van der Waals surface area contributed by atoms with E-state index in [1.54, 1.807) is 7.11 Å². The van der Waals surface area contributed by atoms with E-state index in [2.05, 4.69) is 28.6 Å². The summed E-state index contributed by atoms with van der Waals surface area (Å²) in [6, 6.07) is 8.13. The highest BCUT2D eigenvalue weighted by atomic mass is 16.5. The fourth-order valence-electron chi connectivity index (χ4n) is 2.77. The monoisotopic (exact) mass is 271 g/mol. The summed E-state index contributed by atoms with van der Waals surface area (Å²) in [7, 11) is 1.69. The summed E-state index contributed by atoms with van der Waals surface area (Å²) in [4.78, 5) is 4.53. The summed E-state index contributed by atoms with van der Waals surface area (Å²) < 4.78 is 5.28. The van der Waals surface area contributed by atoms with Gasteiger partial charge in [-0.3, -0.25) is 0 Å². The van der Waals surface area contributed by atoms with Crippen molar-refractivity contribution in [1.29, 1.82) is 0 Å². The molecule has 1 aliphatic heterocycles. The number of methoxy groups -OCH3 is 1. The van der Waals surface area contributed by atoms with Crippen molar-refractivity contribution in [3.63, 3.8) is 0 Å². The number of piperidine rings is 1. The van der Waals surface area contributed by atoms with Crippen LogP contribution in [0.1, 0.15) is 19.8 Å². The minimum atomic E-state index is 0.118. The maximum absolute atomic E-state index is 5.28. The molecule has 0 saturated carbocycles. The second-order valence-corrected chi connectivity index (χ2v) is 5.68. The summed E-state index contributed by atoms with van der Waals surface area (Å²) in [6.45, 7) is 4.39. The number of fused-ring (bicyclic) bond motifs is 1. The van der Waals surface area contributed by atoms with Crippen molar-refractivity contribution in [2.24, 2.45) is 0 Å². The lowest BCUT2D eigenvalue weighted by Gasteiger charge is -2.35. The quantitative estimate of drug-likeness (QED) is 0.901. The Morgan fingerprint density at radius 3 is 2.80 bits per heavy atom. The van der Waals surface area contributed by atoms with Crippen molar-refractivity contribution < 1.29 is 4.74 Å². The third kappa shape index (κ3) is 2.56. The molecule has 1 aromatic carbocycles. The Morgan fingerprint density at radius 2 is 2.05 bits per heavy atom. The summed E-state index contributed by atoms with van der Waals surface area (Å²) >= 11 is 0. The van der Waals surface area contributed by atoms with E-state index in [1.165, 1.54) is 0 Å². The van der Waals surface area contributed by atoms with Crippen LogP contribution in [0.4, 0.5) is 5.82 Å². The average Bonchev–Trinajstić information content (AvgIpc) is 2.47. The molecule has 3 rings (SSSR count). The molecule has 0 bridgehead atoms. The Balaban J connectivity index is 1.95. The Labute approximate surface area is 119 Å². The van der Waals surface area contributed by atoms with Gasteiger partial charge < -0.3 is 15.4 Å². The molecule has 2 N–H and O–H groups in total. The van der Waals surface area contributed by atoms with E-state index < -0.39 is 0 Å². The topological polar surface area (TPSA) is 46.2 Å². The number of aromatic nitrogens is 1. The molecule has 1 fully saturated rings. The molecule has 1 aliphatic rings. The van der Waals surface area contributed by atoms with Gasteiger partial charge in [0.15, 0.2) is 0 Å². The van der Waals surface area contributed by atoms with Gasteiger partial charge in [-0.1, -0.05) is 0 Å². The van der Waals surface area contributed by atoms with Crippen LogP contribution >= 0.6 is 0 Å². The highest BCUT2D eigenvalue weighted by molar-refractivity contribution is 5.92. The predicted molar refractivity (Wildman–Crippen MR) is 82.4 cm³/mol. The van der Waals surface area contributed by atoms with Gasteiger partial charge in [-0.2, -0.15) is 0 Å². The van der Waals surface area contributed by atoms with Crippen molar-refractivity contribution in [2.45, 2.75) is 25.3 Å². The summed E-state index contributed by atoms with van der Waals surface area (Å²) in [5.41, 5.74) is 0.118. The van der Waals surface area contributed by atoms with Gasteiger partial charge in [0.2, 0.25) is 0 Å². The van der Waals surface area contributed by atoms with Gasteiger partial charge in [-0.25, -0.2) is 4.98 Å². The zero-order chi connectivity index (χ0) is 14.0. The van der Waals surface area contributed by atoms with E-state index in [1.807, 2.05) is 24.4 Å². The minimum Gasteiger partial charge on any atom is -0.497 e. The lowest BCUT2D eigenvalue weighted by molar-refractivity contribution is 0.364. The van der Waals surface area contributed by atoms with Crippen LogP contribution in [0.3, 0.4) is 0 Å². The van der Waals surface area contributed by atoms with Gasteiger partial charge >= 0.3 is 0 Å². The average molecular weight is 271 g/mol. The number of anilines is 1. The Kier molecular flexibility index (Phi) is 3.49. The fourth-order valence-corrected chi connectivity index (χ4v) is 2.77. The van der Waals surface area contributed by atoms with Gasteiger partial charge in [0, 0.05) is 17.1 Å². The molecule has 1 saturated heterocycles. The molecule has 1 aromatic heterocycles. The highest BCUT2D eigenvalue weighted by Gasteiger charge is 2.27. The van der Waals surface area contributed by atoms with Crippen LogP contribution in [0.5, 0.6) is 5.75 Å². The molecule has 0 unspecified atom stereocenters. The molecule has 0 amide bonds. The molecule has 106 valence electrons. The molecular formula is C16H21N3O. The SMILES string of the molecule is COc1ccc2c(NC3(C)CCNCC3)nccc2c1. The Hall–Kier alpha value is -1.81. The number of ether oxygens (including phenoxy) is 1. The molecule has 4 nitrogen and oxygen atoms in total. The summed E-state index contributed by atoms with van der Waals surface area (Å²) in [5, 5.41) is 9.35. The van der Waals surface area contributed by atoms with Crippen LogP contribution < -0.4 is 15.4 Å². The van der Waals surface area contributed by atoms with Crippen molar-refractivity contribution in [3.05, 3.63) is 30.5 Å². The van der Waals surface area contributed by atoms with E-state index in [9.17, 15) is 0 Å². The smallest absolute Gasteiger partial charge is 0.134 e. The fraction of sp³-hybridized carbons (Fsp3) is 0.438. The molecule has 2 heterocycles. The van der Waals surface area contributed by atoms with Gasteiger partial charge in [0.25, 0.3) is 0 Å². The van der Waals surface area contributed by atoms with E-state index >= 15 is 0 Å². The van der Waals surface area contributed by atoms with Crippen LogP contribution in [0.25, 0.3) is 10.8 Å². The lowest BCUT2D eigenvalue weighted by Crippen LogP contribution is -2.45. The standard InChI is InChI=1S/C16H21N3O/c1-16(6-9-17-10-7-16)19-15-14-4-3-13(20-2)11-12(14)5-8-18-15/h3-5,8,11,17H,6-7,9-10H2,1-2H3,(H,18,19). The normalized spacial score (nSPS) is 17.9. The van der Waals surface area contributed by atoms with Gasteiger partial charge in [-0.05, 0) is 62.5 Å². The minimum absolute atomic E-state index is 0.118. The second kappa shape index (κ2) is 5.29. The first-order valence-corrected chi connectivity index (χ1v) is 7.12. The molecule has 20 heavy (non-hydrogen) atoms. The van der Waals surface area contributed by atoms with Crippen LogP contribution in [0.2, 0.25) is 0 Å². The van der Waals surface area contributed by atoms with E-state index in [4.69, 9.17) is 4.74 Å². The van der Waals surface area contributed by atoms with Gasteiger partial charge in [-0.15, -0.1) is 0 Å². The Morgan fingerprint density at radius 1 is 1.25 bits per heavy atom. The van der Waals surface area contributed by atoms with Crippen LogP contribution in [0.15, 0.2) is 30.5 Å². The number of pyridine rings is 1. The number of nitrogens with one attached hydrogen (secondary N) is 2. The molecule has 0 radical (unpaired) electrons. The zero-order valence-electron chi connectivity index (χ0n) is 12.1. The van der Waals surface area contributed by atoms with E-state index in [0.717, 1.165) is 48.3 Å². The van der Waals surface area contributed by atoms with Crippen LogP contribution in [-0.4, -0.2) is 30.7 Å². The molecule has 0 spiro atoms. The zero-order valence-corrected chi connectivity index (χ0v) is 12.1. The van der Waals surface area contributed by atoms with Gasteiger partial charge in [0.1, 0.15) is 11.6 Å². The number of hydrogen-bond donors (Lipinski definition) is 2. The number of rotatable bonds is 3. The molecule has 2 aromatic rings. The van der Waals surface area contributed by atoms with Crippen LogP contribution in [-0.2, 0) is 0 Å². The maximum Gasteiger partial charge on any atom is 0.134 e. The first-order valence-electron chi connectivity index (χ1n) is 7.12. The molecule has 0 aliphatic carbocycles. The summed E-state index contributed by atoms with van der Waals surface area (Å²) in [5.74, 6) is 1.84. The third-order valence-corrected chi connectivity index (χ3v) is 4.10.